The predicted molar refractivity (Wildman–Crippen MR) is 116 cm³/mol. The normalized spacial score (nSPS) is 51.1. The molecular formula is C24H40CaO5+2. The fourth-order valence-corrected chi connectivity index (χ4v) is 8.68. The molecule has 0 aromatic carbocycles. The quantitative estimate of drug-likeness (QED) is 0.496. The number of rotatable bonds is 4. The molecule has 0 radical (unpaired) electrons. The largest absolute Gasteiger partial charge is 2.00 e. The van der Waals surface area contributed by atoms with Gasteiger partial charge in [-0.3, -0.25) is 4.79 Å². The van der Waals surface area contributed by atoms with Crippen LogP contribution in [0.4, 0.5) is 0 Å². The number of hydrogen-bond donors (Lipinski definition) is 4. The molecule has 4 rings (SSSR count). The van der Waals surface area contributed by atoms with E-state index in [2.05, 4.69) is 20.8 Å². The van der Waals surface area contributed by atoms with Crippen molar-refractivity contribution in [3.8, 4) is 0 Å². The van der Waals surface area contributed by atoms with E-state index in [0.717, 1.165) is 44.9 Å². The Kier molecular flexibility index (Phi) is 7.65. The molecule has 0 aliphatic heterocycles. The van der Waals surface area contributed by atoms with Gasteiger partial charge in [-0.25, -0.2) is 0 Å². The van der Waals surface area contributed by atoms with Crippen molar-refractivity contribution in [2.45, 2.75) is 96.9 Å². The molecule has 4 fully saturated rings. The van der Waals surface area contributed by atoms with Crippen molar-refractivity contribution in [3.63, 3.8) is 0 Å². The Morgan fingerprint density at radius 2 is 1.73 bits per heavy atom. The van der Waals surface area contributed by atoms with E-state index in [0.29, 0.717) is 30.1 Å². The molecular weight excluding hydrogens is 408 g/mol. The van der Waals surface area contributed by atoms with E-state index in [1.165, 1.54) is 0 Å². The minimum absolute atomic E-state index is 0. The first-order chi connectivity index (χ1) is 13.6. The molecule has 0 bridgehead atoms. The number of aliphatic carboxylic acids is 1. The van der Waals surface area contributed by atoms with Crippen molar-refractivity contribution in [1.82, 2.24) is 0 Å². The van der Waals surface area contributed by atoms with Crippen LogP contribution in [0.5, 0.6) is 0 Å². The van der Waals surface area contributed by atoms with Crippen LogP contribution in [0, 0.1) is 46.3 Å². The topological polar surface area (TPSA) is 98.0 Å². The summed E-state index contributed by atoms with van der Waals surface area (Å²) in [7, 11) is 0. The molecule has 11 atom stereocenters. The standard InChI is InChI=1S/C24H40O5.Ca/c1-13(4-7-21(28)29)16-5-6-17-22-18(12-20(27)24(16,17)3)23(2)9-8-15(25)10-14(23)11-19(22)26;/h13-20,22,25-27H,4-12H2,1-3H3,(H,28,29);/q;+2/t13-,14+,15-,16-,17+,18+,19-,20+,22+,23+,24-;/m1./s1. The molecule has 0 heterocycles. The number of fused-ring (bicyclic) bond motifs is 5. The van der Waals surface area contributed by atoms with E-state index in [1.54, 1.807) is 0 Å². The number of aliphatic hydroxyl groups excluding tert-OH is 3. The van der Waals surface area contributed by atoms with E-state index in [9.17, 15) is 20.1 Å². The predicted octanol–water partition coefficient (Wildman–Crippen LogP) is 3.07. The molecule has 5 nitrogen and oxygen atoms in total. The van der Waals surface area contributed by atoms with Gasteiger partial charge in [0, 0.05) is 6.42 Å². The van der Waals surface area contributed by atoms with Crippen LogP contribution in [0.2, 0.25) is 0 Å². The monoisotopic (exact) mass is 448 g/mol. The van der Waals surface area contributed by atoms with Crippen molar-refractivity contribution in [2.75, 3.05) is 0 Å². The molecule has 0 saturated heterocycles. The Labute approximate surface area is 211 Å². The number of hydrogen-bond acceptors (Lipinski definition) is 4. The van der Waals surface area contributed by atoms with Gasteiger partial charge in [0.25, 0.3) is 0 Å². The third-order valence-electron chi connectivity index (χ3n) is 10.3. The molecule has 0 aromatic rings. The molecule has 6 heteroatoms. The maximum Gasteiger partial charge on any atom is 2.00 e. The Morgan fingerprint density at radius 1 is 1.03 bits per heavy atom. The second kappa shape index (κ2) is 9.10. The average Bonchev–Trinajstić information content (AvgIpc) is 3.01. The summed E-state index contributed by atoms with van der Waals surface area (Å²) in [5, 5.41) is 42.0. The minimum Gasteiger partial charge on any atom is -0.481 e. The van der Waals surface area contributed by atoms with E-state index >= 15 is 0 Å². The fraction of sp³-hybridized carbons (Fsp3) is 0.958. The zero-order valence-electron chi connectivity index (χ0n) is 19.0. The van der Waals surface area contributed by atoms with Crippen LogP contribution in [0.3, 0.4) is 0 Å². The molecule has 4 N–H and O–H groups in total. The second-order valence-electron chi connectivity index (χ2n) is 11.4. The number of aliphatic hydroxyl groups is 3. The van der Waals surface area contributed by atoms with Gasteiger partial charge in [0.2, 0.25) is 0 Å². The van der Waals surface area contributed by atoms with E-state index in [-0.39, 0.29) is 79.0 Å². The molecule has 0 amide bonds. The van der Waals surface area contributed by atoms with Gasteiger partial charge in [0.15, 0.2) is 0 Å². The number of carbonyl (C=O) groups is 1. The molecule has 4 saturated carbocycles. The number of carboxylic acids is 1. The molecule has 0 aromatic heterocycles. The van der Waals surface area contributed by atoms with Crippen molar-refractivity contribution in [2.24, 2.45) is 46.3 Å². The molecule has 0 spiro atoms. The molecule has 30 heavy (non-hydrogen) atoms. The van der Waals surface area contributed by atoms with Gasteiger partial charge in [-0.2, -0.15) is 0 Å². The maximum absolute atomic E-state index is 11.5. The van der Waals surface area contributed by atoms with Gasteiger partial charge in [-0.15, -0.1) is 0 Å². The Hall–Kier alpha value is 0.610. The first-order valence-corrected chi connectivity index (χ1v) is 11.8. The van der Waals surface area contributed by atoms with Crippen LogP contribution >= 0.6 is 0 Å². The smallest absolute Gasteiger partial charge is 0.481 e. The van der Waals surface area contributed by atoms with Crippen LogP contribution in [-0.4, -0.2) is 82.4 Å². The molecule has 4 aliphatic rings. The molecule has 166 valence electrons. The zero-order valence-corrected chi connectivity index (χ0v) is 21.2. The minimum atomic E-state index is -0.748. The SMILES string of the molecule is C[C@H](CCC(=O)O)[C@H]1CC[C@H]2[C@@H]3[C@H](O)C[C@@H]4C[C@H](O)CC[C@]4(C)[C@H]3C[C@H](O)[C@]12C.[Ca+2]. The average molecular weight is 449 g/mol. The van der Waals surface area contributed by atoms with Crippen molar-refractivity contribution in [1.29, 1.82) is 0 Å². The summed E-state index contributed by atoms with van der Waals surface area (Å²) in [6.07, 6.45) is 6.00. The van der Waals surface area contributed by atoms with Crippen molar-refractivity contribution >= 4 is 43.7 Å². The van der Waals surface area contributed by atoms with Gasteiger partial charge in [0.05, 0.1) is 18.3 Å². The van der Waals surface area contributed by atoms with Gasteiger partial charge < -0.3 is 20.4 Å². The fourth-order valence-electron chi connectivity index (χ4n) is 8.68. The Bertz CT molecular complexity index is 643. The van der Waals surface area contributed by atoms with Gasteiger partial charge in [-0.05, 0) is 97.7 Å². The summed E-state index contributed by atoms with van der Waals surface area (Å²) >= 11 is 0. The summed E-state index contributed by atoms with van der Waals surface area (Å²) in [6.45, 7) is 6.72. The summed E-state index contributed by atoms with van der Waals surface area (Å²) in [5.41, 5.74) is -0.143. The zero-order chi connectivity index (χ0) is 21.1. The van der Waals surface area contributed by atoms with E-state index in [1.807, 2.05) is 0 Å². The van der Waals surface area contributed by atoms with Gasteiger partial charge in [-0.1, -0.05) is 20.8 Å². The van der Waals surface area contributed by atoms with Crippen LogP contribution < -0.4 is 0 Å². The molecule has 4 aliphatic carbocycles. The maximum atomic E-state index is 11.5. The van der Waals surface area contributed by atoms with Crippen molar-refractivity contribution in [3.05, 3.63) is 0 Å². The first-order valence-electron chi connectivity index (χ1n) is 11.8. The van der Waals surface area contributed by atoms with Crippen molar-refractivity contribution < 1.29 is 25.2 Å². The number of carboxylic acid groups (broad SMARTS) is 1. The third kappa shape index (κ3) is 3.92. The summed E-state index contributed by atoms with van der Waals surface area (Å²) in [5.74, 6) is 0.997. The van der Waals surface area contributed by atoms with E-state index in [4.69, 9.17) is 5.11 Å². The summed E-state index contributed by atoms with van der Waals surface area (Å²) in [6, 6.07) is 0. The second-order valence-corrected chi connectivity index (χ2v) is 11.4. The van der Waals surface area contributed by atoms with Crippen LogP contribution in [0.15, 0.2) is 0 Å². The van der Waals surface area contributed by atoms with Gasteiger partial charge in [0.1, 0.15) is 0 Å². The van der Waals surface area contributed by atoms with Crippen LogP contribution in [-0.2, 0) is 4.79 Å². The van der Waals surface area contributed by atoms with Crippen LogP contribution in [0.25, 0.3) is 0 Å². The summed E-state index contributed by atoms with van der Waals surface area (Å²) < 4.78 is 0. The Balaban J connectivity index is 0.00000256. The van der Waals surface area contributed by atoms with E-state index < -0.39 is 12.1 Å². The van der Waals surface area contributed by atoms with Gasteiger partial charge >= 0.3 is 43.7 Å². The third-order valence-corrected chi connectivity index (χ3v) is 10.3. The molecule has 0 unspecified atom stereocenters. The summed E-state index contributed by atoms with van der Waals surface area (Å²) in [4.78, 5) is 11.1. The first kappa shape index (κ1) is 25.2. The van der Waals surface area contributed by atoms with Crippen LogP contribution in [0.1, 0.15) is 78.6 Å². The Morgan fingerprint density at radius 3 is 2.40 bits per heavy atom.